The second kappa shape index (κ2) is 6.12. The van der Waals surface area contributed by atoms with Crippen molar-refractivity contribution in [2.24, 2.45) is 0 Å². The molecule has 1 aromatic carbocycles. The Kier molecular flexibility index (Phi) is 4.46. The lowest BCUT2D eigenvalue weighted by Gasteiger charge is -2.19. The Morgan fingerprint density at radius 1 is 1.10 bits per heavy atom. The smallest absolute Gasteiger partial charge is 0.136 e. The average molecular weight is 284 g/mol. The van der Waals surface area contributed by atoms with E-state index in [1.54, 1.807) is 6.07 Å². The summed E-state index contributed by atoms with van der Waals surface area (Å²) >= 11 is 0. The normalized spacial score (nSPS) is 11.4. The van der Waals surface area contributed by atoms with Crippen molar-refractivity contribution in [2.75, 3.05) is 11.1 Å². The second-order valence-electron chi connectivity index (χ2n) is 6.30. The molecule has 0 fully saturated rings. The number of hydrogen-bond acceptors (Lipinski definition) is 4. The van der Waals surface area contributed by atoms with E-state index < -0.39 is 0 Å². The van der Waals surface area contributed by atoms with Gasteiger partial charge in [-0.05, 0) is 29.5 Å². The van der Waals surface area contributed by atoms with Crippen LogP contribution in [0.3, 0.4) is 0 Å². The average Bonchev–Trinajstić information content (AvgIpc) is 2.38. The van der Waals surface area contributed by atoms with Gasteiger partial charge in [0.25, 0.3) is 0 Å². The lowest BCUT2D eigenvalue weighted by Crippen LogP contribution is -2.10. The highest BCUT2D eigenvalue weighted by Gasteiger charge is 2.12. The number of nitrogen functional groups attached to an aromatic ring is 1. The fourth-order valence-electron chi connectivity index (χ4n) is 2.12. The second-order valence-corrected chi connectivity index (χ2v) is 6.30. The van der Waals surface area contributed by atoms with Crippen molar-refractivity contribution in [3.63, 3.8) is 0 Å². The Balaban J connectivity index is 2.18. The van der Waals surface area contributed by atoms with Crippen molar-refractivity contribution in [1.82, 2.24) is 9.97 Å². The highest BCUT2D eigenvalue weighted by atomic mass is 15.0. The van der Waals surface area contributed by atoms with E-state index in [0.717, 1.165) is 30.2 Å². The van der Waals surface area contributed by atoms with Crippen LogP contribution in [0, 0.1) is 0 Å². The SMILES string of the molecule is CCCc1nc(N)cc(Nc2ccc(C(C)(C)C)cc2)n1. The summed E-state index contributed by atoms with van der Waals surface area (Å²) in [5.41, 5.74) is 8.30. The predicted octanol–water partition coefficient (Wildman–Crippen LogP) is 4.05. The van der Waals surface area contributed by atoms with Crippen LogP contribution >= 0.6 is 0 Å². The van der Waals surface area contributed by atoms with Crippen LogP contribution in [0.25, 0.3) is 0 Å². The van der Waals surface area contributed by atoms with Crippen LogP contribution in [0.5, 0.6) is 0 Å². The first-order chi connectivity index (χ1) is 9.88. The largest absolute Gasteiger partial charge is 0.384 e. The number of rotatable bonds is 4. The van der Waals surface area contributed by atoms with Crippen molar-refractivity contribution in [3.05, 3.63) is 41.7 Å². The number of nitrogens with one attached hydrogen (secondary N) is 1. The molecule has 0 aliphatic carbocycles. The minimum atomic E-state index is 0.159. The van der Waals surface area contributed by atoms with Crippen LogP contribution in [0.1, 0.15) is 45.5 Å². The minimum absolute atomic E-state index is 0.159. The van der Waals surface area contributed by atoms with Gasteiger partial charge < -0.3 is 11.1 Å². The molecule has 21 heavy (non-hydrogen) atoms. The Morgan fingerprint density at radius 2 is 1.76 bits per heavy atom. The molecule has 2 rings (SSSR count). The molecule has 0 atom stereocenters. The zero-order chi connectivity index (χ0) is 15.5. The molecule has 0 amide bonds. The molecule has 0 aliphatic rings. The highest BCUT2D eigenvalue weighted by molar-refractivity contribution is 5.59. The van der Waals surface area contributed by atoms with Crippen molar-refractivity contribution in [1.29, 1.82) is 0 Å². The molecule has 0 saturated carbocycles. The van der Waals surface area contributed by atoms with Gasteiger partial charge in [-0.15, -0.1) is 0 Å². The van der Waals surface area contributed by atoms with Crippen LogP contribution in [0.15, 0.2) is 30.3 Å². The molecule has 3 N–H and O–H groups in total. The van der Waals surface area contributed by atoms with E-state index in [4.69, 9.17) is 5.73 Å². The molecule has 4 heteroatoms. The lowest BCUT2D eigenvalue weighted by atomic mass is 9.87. The van der Waals surface area contributed by atoms with Crippen molar-refractivity contribution in [3.8, 4) is 0 Å². The molecule has 0 unspecified atom stereocenters. The molecule has 4 nitrogen and oxygen atoms in total. The molecule has 0 aliphatic heterocycles. The van der Waals surface area contributed by atoms with Gasteiger partial charge in [-0.3, -0.25) is 0 Å². The number of hydrogen-bond donors (Lipinski definition) is 2. The van der Waals surface area contributed by atoms with Crippen molar-refractivity contribution >= 4 is 17.3 Å². The number of aromatic nitrogens is 2. The van der Waals surface area contributed by atoms with Crippen LogP contribution in [0.4, 0.5) is 17.3 Å². The van der Waals surface area contributed by atoms with Gasteiger partial charge in [-0.2, -0.15) is 0 Å². The van der Waals surface area contributed by atoms with E-state index in [1.807, 2.05) is 0 Å². The van der Waals surface area contributed by atoms with Crippen LogP contribution in [0.2, 0.25) is 0 Å². The molecular formula is C17H24N4. The quantitative estimate of drug-likeness (QED) is 0.889. The van der Waals surface area contributed by atoms with Gasteiger partial charge in [0, 0.05) is 18.2 Å². The first-order valence-electron chi connectivity index (χ1n) is 7.39. The Labute approximate surface area is 126 Å². The fraction of sp³-hybridized carbons (Fsp3) is 0.412. The summed E-state index contributed by atoms with van der Waals surface area (Å²) in [6, 6.07) is 10.2. The zero-order valence-corrected chi connectivity index (χ0v) is 13.3. The third kappa shape index (κ3) is 4.18. The third-order valence-corrected chi connectivity index (χ3v) is 3.29. The number of nitrogens with two attached hydrogens (primary N) is 1. The number of aryl methyl sites for hydroxylation is 1. The number of nitrogens with zero attached hydrogens (tertiary/aromatic N) is 2. The van der Waals surface area contributed by atoms with Gasteiger partial charge in [0.15, 0.2) is 0 Å². The molecule has 1 heterocycles. The van der Waals surface area contributed by atoms with E-state index in [1.165, 1.54) is 5.56 Å². The third-order valence-electron chi connectivity index (χ3n) is 3.29. The topological polar surface area (TPSA) is 63.8 Å². The summed E-state index contributed by atoms with van der Waals surface area (Å²) in [6.45, 7) is 8.72. The molecular weight excluding hydrogens is 260 g/mol. The first-order valence-corrected chi connectivity index (χ1v) is 7.39. The molecule has 0 saturated heterocycles. The molecule has 0 spiro atoms. The molecule has 112 valence electrons. The Hall–Kier alpha value is -2.10. The maximum Gasteiger partial charge on any atom is 0.136 e. The van der Waals surface area contributed by atoms with E-state index in [-0.39, 0.29) is 5.41 Å². The summed E-state index contributed by atoms with van der Waals surface area (Å²) in [5, 5.41) is 3.29. The zero-order valence-electron chi connectivity index (χ0n) is 13.3. The van der Waals surface area contributed by atoms with E-state index in [2.05, 4.69) is 67.2 Å². The van der Waals surface area contributed by atoms with Crippen molar-refractivity contribution in [2.45, 2.75) is 46.0 Å². The van der Waals surface area contributed by atoms with Gasteiger partial charge >= 0.3 is 0 Å². The van der Waals surface area contributed by atoms with Crippen LogP contribution < -0.4 is 11.1 Å². The van der Waals surface area contributed by atoms with E-state index >= 15 is 0 Å². The fourth-order valence-corrected chi connectivity index (χ4v) is 2.12. The maximum absolute atomic E-state index is 5.83. The summed E-state index contributed by atoms with van der Waals surface area (Å²) in [4.78, 5) is 8.73. The predicted molar refractivity (Wildman–Crippen MR) is 88.9 cm³/mol. The first kappa shape index (κ1) is 15.3. The van der Waals surface area contributed by atoms with Gasteiger partial charge in [-0.1, -0.05) is 39.8 Å². The van der Waals surface area contributed by atoms with Crippen LogP contribution in [-0.2, 0) is 11.8 Å². The Morgan fingerprint density at radius 3 is 2.33 bits per heavy atom. The van der Waals surface area contributed by atoms with Gasteiger partial charge in [0.05, 0.1) is 0 Å². The van der Waals surface area contributed by atoms with Gasteiger partial charge in [-0.25, -0.2) is 9.97 Å². The Bertz CT molecular complexity index is 597. The lowest BCUT2D eigenvalue weighted by molar-refractivity contribution is 0.590. The summed E-state index contributed by atoms with van der Waals surface area (Å²) in [7, 11) is 0. The molecule has 0 radical (unpaired) electrons. The minimum Gasteiger partial charge on any atom is -0.384 e. The number of anilines is 3. The molecule has 1 aromatic heterocycles. The monoisotopic (exact) mass is 284 g/mol. The summed E-state index contributed by atoms with van der Waals surface area (Å²) in [6.07, 6.45) is 1.84. The van der Waals surface area contributed by atoms with Gasteiger partial charge in [0.2, 0.25) is 0 Å². The molecule has 2 aromatic rings. The maximum atomic E-state index is 5.83. The highest BCUT2D eigenvalue weighted by Crippen LogP contribution is 2.24. The summed E-state index contributed by atoms with van der Waals surface area (Å²) < 4.78 is 0. The van der Waals surface area contributed by atoms with Crippen LogP contribution in [-0.4, -0.2) is 9.97 Å². The summed E-state index contributed by atoms with van der Waals surface area (Å²) in [5.74, 6) is 2.03. The van der Waals surface area contributed by atoms with E-state index in [0.29, 0.717) is 5.82 Å². The van der Waals surface area contributed by atoms with Gasteiger partial charge in [0.1, 0.15) is 17.5 Å². The number of benzene rings is 1. The standard InChI is InChI=1S/C17H24N4/c1-5-6-15-20-14(18)11-16(21-15)19-13-9-7-12(8-10-13)17(2,3)4/h7-11H,5-6H2,1-4H3,(H3,18,19,20,21). The van der Waals surface area contributed by atoms with E-state index in [9.17, 15) is 0 Å². The molecule has 0 bridgehead atoms. The van der Waals surface area contributed by atoms with Crippen molar-refractivity contribution < 1.29 is 0 Å².